The molecule has 44 heteroatoms. The smallest absolute Gasteiger partial charge is 0.303 e. The summed E-state index contributed by atoms with van der Waals surface area (Å²) in [6.45, 7) is 3.96. The first-order valence-corrected chi connectivity index (χ1v) is 35.4. The summed E-state index contributed by atoms with van der Waals surface area (Å²) in [7, 11) is 0. The van der Waals surface area contributed by atoms with Gasteiger partial charge >= 0.3 is 5.97 Å². The lowest BCUT2D eigenvalue weighted by Crippen LogP contribution is -2.62. The molecule has 17 amide bonds. The molecule has 604 valence electrons. The highest BCUT2D eigenvalue weighted by molar-refractivity contribution is 7.80. The van der Waals surface area contributed by atoms with Gasteiger partial charge in [-0.05, 0) is 102 Å². The number of carboxylic acid groups (broad SMARTS) is 1. The first-order valence-electron chi connectivity index (χ1n) is 34.8. The molecule has 0 radical (unpaired) electrons. The number of primary amides is 3. The van der Waals surface area contributed by atoms with Crippen LogP contribution >= 0.6 is 12.6 Å². The zero-order valence-electron chi connectivity index (χ0n) is 60.3. The molecule has 0 aromatic rings. The zero-order valence-corrected chi connectivity index (χ0v) is 61.2. The number of carboxylic acids is 1. The molecule has 28 N–H and O–H groups in total. The number of aliphatic hydroxyl groups is 5. The van der Waals surface area contributed by atoms with Gasteiger partial charge < -0.3 is 133 Å². The molecule has 0 aromatic heterocycles. The number of rotatable bonds is 49. The van der Waals surface area contributed by atoms with Gasteiger partial charge in [0.05, 0.1) is 32.5 Å². The van der Waals surface area contributed by atoms with Crippen LogP contribution in [0.4, 0.5) is 0 Å². The van der Waals surface area contributed by atoms with E-state index in [0.29, 0.717) is 6.42 Å². The number of aliphatic hydroxyl groups excluding tert-OH is 5. The van der Waals surface area contributed by atoms with E-state index in [0.717, 1.165) is 16.7 Å². The van der Waals surface area contributed by atoms with Crippen LogP contribution in [0.25, 0.3) is 0 Å². The average Bonchev–Trinajstić information content (AvgIpc) is 1.73. The van der Waals surface area contributed by atoms with Gasteiger partial charge in [0.2, 0.25) is 101 Å². The molecule has 15 atom stereocenters. The van der Waals surface area contributed by atoms with Gasteiger partial charge in [-0.3, -0.25) is 86.3 Å². The summed E-state index contributed by atoms with van der Waals surface area (Å²) in [5.41, 5.74) is 27.1. The summed E-state index contributed by atoms with van der Waals surface area (Å²) < 4.78 is 0. The third-order valence-corrected chi connectivity index (χ3v) is 17.2. The fourth-order valence-electron chi connectivity index (χ4n) is 11.1. The van der Waals surface area contributed by atoms with E-state index < -0.39 is 262 Å². The molecule has 2 aliphatic rings. The lowest BCUT2D eigenvalue weighted by molar-refractivity contribution is -0.143. The summed E-state index contributed by atoms with van der Waals surface area (Å²) in [6.07, 6.45) is -6.41. The number of carbonyl (C=O) groups excluding carboxylic acids is 17. The van der Waals surface area contributed by atoms with E-state index >= 15 is 0 Å². The molecule has 0 saturated carbocycles. The van der Waals surface area contributed by atoms with E-state index in [2.05, 4.69) is 71.1 Å². The fourth-order valence-corrected chi connectivity index (χ4v) is 11.4. The Kier molecular flexibility index (Phi) is 41.3. The SMILES string of the molecule is CC(C)C[C@H](NC(=O)CNC(=O)[C@H](CO)NC(=O)[C@@H](NC(=O)[C@H](CCC(N)=O)NC(=O)[C@@H]1CCCN1C(=O)[C@H](CC(C)C)NC(=O)[C@H](CO)NC(=O)[C@H](CS)NC(=O)[C@@H](N)CO)[C@@H](C)O)C(=O)N[C@@H](CCC(N)=O)C(=O)N[C@@H](CCCCN)C(=O)N1CCC[C@H]1C(=O)N[C@@H](CCC(=O)O)C(=O)N[C@@H](O)C(N)=O. The van der Waals surface area contributed by atoms with Crippen LogP contribution < -0.4 is 92.5 Å². The van der Waals surface area contributed by atoms with Gasteiger partial charge in [-0.25, -0.2) is 0 Å². The predicted octanol–water partition coefficient (Wildman–Crippen LogP) is -11.9. The summed E-state index contributed by atoms with van der Waals surface area (Å²) in [5, 5.41) is 87.2. The molecule has 2 fully saturated rings. The number of aliphatic carboxylic acids is 1. The van der Waals surface area contributed by atoms with Crippen LogP contribution in [-0.2, 0) is 86.3 Å². The van der Waals surface area contributed by atoms with E-state index in [9.17, 15) is 117 Å². The Morgan fingerprint density at radius 1 is 0.458 bits per heavy atom. The molecule has 2 rings (SSSR count). The number of hydrogen-bond acceptors (Lipinski definition) is 26. The summed E-state index contributed by atoms with van der Waals surface area (Å²) in [6, 6.07) is -20.3. The molecule has 43 nitrogen and oxygen atoms in total. The van der Waals surface area contributed by atoms with E-state index in [1.807, 2.05) is 5.32 Å². The number of nitrogens with one attached hydrogen (secondary N) is 12. The highest BCUT2D eigenvalue weighted by Gasteiger charge is 2.43. The monoisotopic (exact) mass is 1550 g/mol. The molecule has 107 heavy (non-hydrogen) atoms. The van der Waals surface area contributed by atoms with E-state index in [4.69, 9.17) is 28.7 Å². The van der Waals surface area contributed by atoms with Gasteiger partial charge in [-0.15, -0.1) is 0 Å². The first kappa shape index (κ1) is 93.6. The molecule has 2 heterocycles. The number of unbranched alkanes of at least 4 members (excludes halogenated alkanes) is 1. The van der Waals surface area contributed by atoms with Crippen LogP contribution in [0.5, 0.6) is 0 Å². The van der Waals surface area contributed by atoms with Crippen molar-refractivity contribution in [1.29, 1.82) is 0 Å². The topological polar surface area (TPSA) is 710 Å². The molecular formula is C63H107N19O24S. The molecule has 0 bridgehead atoms. The summed E-state index contributed by atoms with van der Waals surface area (Å²) in [5.74, 6) is -20.0. The Morgan fingerprint density at radius 3 is 1.34 bits per heavy atom. The number of carbonyl (C=O) groups is 18. The third kappa shape index (κ3) is 32.3. The second-order valence-electron chi connectivity index (χ2n) is 26.6. The normalized spacial score (nSPS) is 17.7. The maximum atomic E-state index is 14.4. The Morgan fingerprint density at radius 2 is 0.869 bits per heavy atom. The van der Waals surface area contributed by atoms with Crippen molar-refractivity contribution in [1.82, 2.24) is 73.6 Å². The van der Waals surface area contributed by atoms with Crippen molar-refractivity contribution < 1.29 is 117 Å². The average molecular weight is 1550 g/mol. The number of nitrogens with zero attached hydrogens (tertiary/aromatic N) is 2. The van der Waals surface area contributed by atoms with Crippen molar-refractivity contribution in [3.8, 4) is 0 Å². The highest BCUT2D eigenvalue weighted by atomic mass is 32.1. The quantitative estimate of drug-likeness (QED) is 0.0153. The van der Waals surface area contributed by atoms with Crippen LogP contribution in [0, 0.1) is 11.8 Å². The van der Waals surface area contributed by atoms with E-state index in [-0.39, 0.29) is 88.6 Å². The Balaban J connectivity index is 2.30. The Hall–Kier alpha value is -9.47. The molecule has 0 spiro atoms. The van der Waals surface area contributed by atoms with Crippen LogP contribution in [0.3, 0.4) is 0 Å². The van der Waals surface area contributed by atoms with E-state index in [1.54, 1.807) is 27.7 Å². The van der Waals surface area contributed by atoms with Gasteiger partial charge in [0.25, 0.3) is 5.91 Å². The van der Waals surface area contributed by atoms with Gasteiger partial charge in [0.15, 0.2) is 0 Å². The Labute approximate surface area is 621 Å². The molecule has 2 saturated heterocycles. The fraction of sp³-hybridized carbons (Fsp3) is 0.714. The van der Waals surface area contributed by atoms with Crippen molar-refractivity contribution in [2.24, 2.45) is 40.5 Å². The first-order chi connectivity index (χ1) is 50.2. The number of nitrogens with two attached hydrogens (primary N) is 5. The van der Waals surface area contributed by atoms with Crippen molar-refractivity contribution >= 4 is 119 Å². The van der Waals surface area contributed by atoms with Crippen LogP contribution in [0.15, 0.2) is 0 Å². The van der Waals surface area contributed by atoms with Gasteiger partial charge in [-0.1, -0.05) is 27.7 Å². The second kappa shape index (κ2) is 47.3. The van der Waals surface area contributed by atoms with Gasteiger partial charge in [0, 0.05) is 38.1 Å². The maximum absolute atomic E-state index is 14.4. The second-order valence-corrected chi connectivity index (χ2v) is 26.9. The minimum atomic E-state index is -2.20. The lowest BCUT2D eigenvalue weighted by atomic mass is 10.0. The third-order valence-electron chi connectivity index (χ3n) is 16.8. The molecule has 0 unspecified atom stereocenters. The van der Waals surface area contributed by atoms with Crippen molar-refractivity contribution in [3.05, 3.63) is 0 Å². The standard InChI is InChI=1S/C63H107N19O24S/c1-29(2)22-37(55(98)71-33(13-16-44(66)87)52(95)74-36(10-6-7-19-64)62(105)81-20-8-11-42(81)58(101)73-35(15-18-47(90)91)54(97)80-61(104)49(68)92)70-46(89)24-69-51(94)39(26-84)77-60(103)48(31(5)86)79-53(96)34(14-17-45(67)88)72-59(102)43-12-9-21-82(43)63(106)38(23-30(3)4)75-56(99)40(27-85)76-57(100)41(28-107)78-50(93)32(65)25-83/h29-43,48,61,83-86,104,107H,6-28,64-65H2,1-5H3,(H2,66,87)(H2,67,88)(H2,68,92)(H,69,94)(H,70,89)(H,71,98)(H,72,102)(H,73,101)(H,74,95)(H,75,99)(H,76,100)(H,77,103)(H,78,93)(H,79,96)(H,80,97)(H,90,91)/t31-,32+,33+,34+,35+,36+,37+,38+,39+,40+,41+,42+,43+,48+,61+/m1/s1. The van der Waals surface area contributed by atoms with Crippen molar-refractivity contribution in [3.63, 3.8) is 0 Å². The Bertz CT molecular complexity index is 3130. The maximum Gasteiger partial charge on any atom is 0.303 e. The number of hydrogen-bond donors (Lipinski definition) is 24. The molecule has 0 aliphatic carbocycles. The number of likely N-dealkylation sites (tertiary alicyclic amines) is 2. The number of amides is 17. The van der Waals surface area contributed by atoms with Gasteiger partial charge in [0.1, 0.15) is 78.5 Å². The predicted molar refractivity (Wildman–Crippen MR) is 375 cm³/mol. The number of thiol groups is 1. The van der Waals surface area contributed by atoms with Crippen LogP contribution in [0.1, 0.15) is 131 Å². The molecule has 2 aliphatic heterocycles. The molecule has 0 aromatic carbocycles. The van der Waals surface area contributed by atoms with Crippen molar-refractivity contribution in [2.75, 3.05) is 51.8 Å². The highest BCUT2D eigenvalue weighted by Crippen LogP contribution is 2.23. The summed E-state index contributed by atoms with van der Waals surface area (Å²) in [4.78, 5) is 241. The van der Waals surface area contributed by atoms with Crippen molar-refractivity contribution in [2.45, 2.75) is 222 Å². The summed E-state index contributed by atoms with van der Waals surface area (Å²) >= 11 is 4.03. The lowest BCUT2D eigenvalue weighted by Gasteiger charge is -2.31. The molecular weight excluding hydrogens is 1440 g/mol. The van der Waals surface area contributed by atoms with E-state index in [1.165, 1.54) is 0 Å². The zero-order chi connectivity index (χ0) is 81.1. The largest absolute Gasteiger partial charge is 0.481 e. The minimum Gasteiger partial charge on any atom is -0.481 e. The van der Waals surface area contributed by atoms with Crippen LogP contribution in [0.2, 0.25) is 0 Å². The van der Waals surface area contributed by atoms with Gasteiger partial charge in [-0.2, -0.15) is 12.6 Å². The van der Waals surface area contributed by atoms with Crippen LogP contribution in [-0.4, -0.2) is 289 Å². The minimum absolute atomic E-state index is 0.00261.